The normalized spacial score (nSPS) is 27.0. The minimum Gasteiger partial charge on any atom is -0.326 e. The minimum absolute atomic E-state index is 0.407. The third-order valence-corrected chi connectivity index (χ3v) is 5.36. The Bertz CT molecular complexity index is 368. The van der Waals surface area contributed by atoms with Crippen LogP contribution in [0.4, 0.5) is 0 Å². The van der Waals surface area contributed by atoms with Gasteiger partial charge in [-0.1, -0.05) is 12.8 Å². The molecule has 1 aromatic rings. The highest BCUT2D eigenvalue weighted by atomic mass is 32.1. The van der Waals surface area contributed by atoms with Gasteiger partial charge in [0.15, 0.2) is 0 Å². The average Bonchev–Trinajstić information content (AvgIpc) is 3.00. The van der Waals surface area contributed by atoms with E-state index in [0.717, 1.165) is 19.0 Å². The number of hydrogen-bond acceptors (Lipinski definition) is 3. The highest BCUT2D eigenvalue weighted by Crippen LogP contribution is 2.37. The van der Waals surface area contributed by atoms with Gasteiger partial charge in [0.25, 0.3) is 0 Å². The Kier molecular flexibility index (Phi) is 3.50. The second-order valence-corrected chi connectivity index (χ2v) is 6.77. The summed E-state index contributed by atoms with van der Waals surface area (Å²) < 4.78 is 0. The van der Waals surface area contributed by atoms with E-state index in [1.165, 1.54) is 43.5 Å². The number of rotatable bonds is 3. The zero-order valence-electron chi connectivity index (χ0n) is 10.4. The van der Waals surface area contributed by atoms with E-state index in [-0.39, 0.29) is 0 Å². The highest BCUT2D eigenvalue weighted by molar-refractivity contribution is 7.12. The fourth-order valence-corrected chi connectivity index (χ4v) is 4.36. The summed E-state index contributed by atoms with van der Waals surface area (Å²) in [7, 11) is 0. The maximum Gasteiger partial charge on any atom is 0.0328 e. The second kappa shape index (κ2) is 5.09. The quantitative estimate of drug-likeness (QED) is 0.893. The van der Waals surface area contributed by atoms with Gasteiger partial charge in [0.2, 0.25) is 0 Å². The lowest BCUT2D eigenvalue weighted by Crippen LogP contribution is -2.25. The molecular weight excluding hydrogens is 228 g/mol. The Morgan fingerprint density at radius 2 is 2.06 bits per heavy atom. The molecular formula is C14H22N2S. The molecule has 0 aromatic carbocycles. The molecule has 0 amide bonds. The van der Waals surface area contributed by atoms with Crippen LogP contribution in [0.25, 0.3) is 0 Å². The van der Waals surface area contributed by atoms with Crippen LogP contribution < -0.4 is 5.73 Å². The number of likely N-dealkylation sites (tertiary alicyclic amines) is 1. The van der Waals surface area contributed by atoms with Gasteiger partial charge in [-0.25, -0.2) is 0 Å². The lowest BCUT2D eigenvalue weighted by atomic mass is 10.1. The monoisotopic (exact) mass is 250 g/mol. The molecule has 1 aliphatic heterocycles. The topological polar surface area (TPSA) is 29.3 Å². The molecule has 94 valence electrons. The molecule has 0 bridgehead atoms. The molecule has 2 N–H and O–H groups in total. The average molecular weight is 250 g/mol. The van der Waals surface area contributed by atoms with Crippen LogP contribution >= 0.6 is 11.3 Å². The van der Waals surface area contributed by atoms with E-state index in [0.29, 0.717) is 6.04 Å². The molecule has 0 spiro atoms. The summed E-state index contributed by atoms with van der Waals surface area (Å²) in [6.45, 7) is 3.37. The smallest absolute Gasteiger partial charge is 0.0328 e. The van der Waals surface area contributed by atoms with E-state index in [1.54, 1.807) is 4.88 Å². The van der Waals surface area contributed by atoms with Gasteiger partial charge in [-0.05, 0) is 37.3 Å². The van der Waals surface area contributed by atoms with Crippen molar-refractivity contribution >= 4 is 11.3 Å². The molecule has 0 unspecified atom stereocenters. The van der Waals surface area contributed by atoms with E-state index >= 15 is 0 Å². The van der Waals surface area contributed by atoms with Gasteiger partial charge < -0.3 is 5.73 Å². The van der Waals surface area contributed by atoms with Crippen LogP contribution in [0.3, 0.4) is 0 Å². The SMILES string of the molecule is N[C@@H]1CCN(Cc2ccc(C3CCCC3)s2)C1. The first kappa shape index (κ1) is 11.7. The zero-order chi connectivity index (χ0) is 11.7. The molecule has 3 rings (SSSR count). The third kappa shape index (κ3) is 2.72. The summed E-state index contributed by atoms with van der Waals surface area (Å²) in [6, 6.07) is 5.11. The van der Waals surface area contributed by atoms with Crippen molar-refractivity contribution in [3.05, 3.63) is 21.9 Å². The predicted octanol–water partition coefficient (Wildman–Crippen LogP) is 2.94. The van der Waals surface area contributed by atoms with Crippen LogP contribution in [0.5, 0.6) is 0 Å². The number of thiophene rings is 1. The molecule has 1 aromatic heterocycles. The maximum atomic E-state index is 5.95. The van der Waals surface area contributed by atoms with Crippen molar-refractivity contribution in [1.29, 1.82) is 0 Å². The summed E-state index contributed by atoms with van der Waals surface area (Å²) in [5, 5.41) is 0. The molecule has 3 heteroatoms. The van der Waals surface area contributed by atoms with E-state index in [2.05, 4.69) is 17.0 Å². The van der Waals surface area contributed by atoms with Crippen LogP contribution in [0.15, 0.2) is 12.1 Å². The first-order valence-electron chi connectivity index (χ1n) is 6.88. The summed E-state index contributed by atoms with van der Waals surface area (Å²) >= 11 is 2.04. The molecule has 1 saturated carbocycles. The Balaban J connectivity index is 1.60. The molecule has 2 nitrogen and oxygen atoms in total. The van der Waals surface area contributed by atoms with Gasteiger partial charge in [-0.2, -0.15) is 0 Å². The molecule has 17 heavy (non-hydrogen) atoms. The maximum absolute atomic E-state index is 5.95. The lowest BCUT2D eigenvalue weighted by Gasteiger charge is -2.13. The van der Waals surface area contributed by atoms with E-state index in [9.17, 15) is 0 Å². The van der Waals surface area contributed by atoms with Crippen molar-refractivity contribution in [1.82, 2.24) is 4.90 Å². The number of nitrogens with zero attached hydrogens (tertiary/aromatic N) is 1. The predicted molar refractivity (Wildman–Crippen MR) is 73.4 cm³/mol. The second-order valence-electron chi connectivity index (χ2n) is 5.57. The van der Waals surface area contributed by atoms with Crippen LogP contribution in [0.1, 0.15) is 47.8 Å². The van der Waals surface area contributed by atoms with Crippen LogP contribution in [-0.4, -0.2) is 24.0 Å². The third-order valence-electron chi connectivity index (χ3n) is 4.13. The van der Waals surface area contributed by atoms with Crippen molar-refractivity contribution in [3.8, 4) is 0 Å². The van der Waals surface area contributed by atoms with Crippen molar-refractivity contribution in [2.45, 2.75) is 50.6 Å². The fraction of sp³-hybridized carbons (Fsp3) is 0.714. The summed E-state index contributed by atoms with van der Waals surface area (Å²) in [5.74, 6) is 0.870. The molecule has 1 atom stereocenters. The fourth-order valence-electron chi connectivity index (χ4n) is 3.14. The lowest BCUT2D eigenvalue weighted by molar-refractivity contribution is 0.330. The van der Waals surface area contributed by atoms with E-state index in [1.807, 2.05) is 11.3 Å². The number of hydrogen-bond donors (Lipinski definition) is 1. The van der Waals surface area contributed by atoms with E-state index in [4.69, 9.17) is 5.73 Å². The summed E-state index contributed by atoms with van der Waals surface area (Å²) in [5.41, 5.74) is 5.95. The van der Waals surface area contributed by atoms with Gasteiger partial charge in [0.05, 0.1) is 0 Å². The Morgan fingerprint density at radius 3 is 2.76 bits per heavy atom. The standard InChI is InChI=1S/C14H22N2S/c15-12-7-8-16(9-12)10-13-5-6-14(17-13)11-3-1-2-4-11/h5-6,11-12H,1-4,7-10,15H2/t12-/m1/s1. The Hall–Kier alpha value is -0.380. The molecule has 1 saturated heterocycles. The van der Waals surface area contributed by atoms with Crippen LogP contribution in [-0.2, 0) is 6.54 Å². The first-order chi connectivity index (χ1) is 8.31. The van der Waals surface area contributed by atoms with Gasteiger partial charge in [-0.3, -0.25) is 4.90 Å². The van der Waals surface area contributed by atoms with Crippen LogP contribution in [0, 0.1) is 0 Å². The van der Waals surface area contributed by atoms with E-state index < -0.39 is 0 Å². The van der Waals surface area contributed by atoms with Crippen molar-refractivity contribution < 1.29 is 0 Å². The summed E-state index contributed by atoms with van der Waals surface area (Å²) in [6.07, 6.45) is 6.85. The molecule has 1 aliphatic carbocycles. The molecule has 0 radical (unpaired) electrons. The molecule has 2 fully saturated rings. The van der Waals surface area contributed by atoms with Gasteiger partial charge in [0.1, 0.15) is 0 Å². The Labute approximate surface area is 108 Å². The van der Waals surface area contributed by atoms with Crippen molar-refractivity contribution in [2.75, 3.05) is 13.1 Å². The van der Waals surface area contributed by atoms with Crippen molar-refractivity contribution in [3.63, 3.8) is 0 Å². The first-order valence-corrected chi connectivity index (χ1v) is 7.69. The van der Waals surface area contributed by atoms with Crippen molar-refractivity contribution in [2.24, 2.45) is 5.73 Å². The van der Waals surface area contributed by atoms with Gasteiger partial charge in [-0.15, -0.1) is 11.3 Å². The zero-order valence-corrected chi connectivity index (χ0v) is 11.2. The highest BCUT2D eigenvalue weighted by Gasteiger charge is 2.21. The largest absolute Gasteiger partial charge is 0.326 e. The summed E-state index contributed by atoms with van der Waals surface area (Å²) in [4.78, 5) is 5.65. The minimum atomic E-state index is 0.407. The Morgan fingerprint density at radius 1 is 1.24 bits per heavy atom. The molecule has 2 aliphatic rings. The van der Waals surface area contributed by atoms with Gasteiger partial charge in [0, 0.05) is 35.4 Å². The van der Waals surface area contributed by atoms with Crippen LogP contribution in [0.2, 0.25) is 0 Å². The van der Waals surface area contributed by atoms with Gasteiger partial charge >= 0.3 is 0 Å². The molecule has 2 heterocycles. The number of nitrogens with two attached hydrogens (primary N) is 1.